The van der Waals surface area contributed by atoms with Gasteiger partial charge in [-0.3, -0.25) is 14.5 Å². The lowest BCUT2D eigenvalue weighted by Crippen LogP contribution is -2.29. The van der Waals surface area contributed by atoms with Crippen molar-refractivity contribution in [2.45, 2.75) is 6.04 Å². The molecule has 0 spiro atoms. The van der Waals surface area contributed by atoms with Gasteiger partial charge in [0.2, 0.25) is 0 Å². The van der Waals surface area contributed by atoms with E-state index < -0.39 is 17.7 Å². The number of aromatic hydroxyl groups is 1. The van der Waals surface area contributed by atoms with E-state index in [1.165, 1.54) is 31.3 Å². The average molecular weight is 431 g/mol. The number of carbonyl (C=O) groups is 2. The first-order chi connectivity index (χ1) is 15.4. The first-order valence-corrected chi connectivity index (χ1v) is 9.83. The highest BCUT2D eigenvalue weighted by Gasteiger charge is 2.47. The van der Waals surface area contributed by atoms with Gasteiger partial charge in [0.05, 0.1) is 25.8 Å². The quantitative estimate of drug-likeness (QED) is 0.360. The van der Waals surface area contributed by atoms with E-state index in [2.05, 4.69) is 0 Å². The number of carbonyl (C=O) groups excluding carboxylic acids is 2. The van der Waals surface area contributed by atoms with Gasteiger partial charge in [0.25, 0.3) is 11.7 Å². The van der Waals surface area contributed by atoms with E-state index >= 15 is 0 Å². The summed E-state index contributed by atoms with van der Waals surface area (Å²) < 4.78 is 10.4. The van der Waals surface area contributed by atoms with Crippen LogP contribution in [-0.4, -0.2) is 36.1 Å². The molecule has 0 radical (unpaired) electrons. The number of methoxy groups -OCH3 is 2. The summed E-state index contributed by atoms with van der Waals surface area (Å²) in [4.78, 5) is 27.6. The van der Waals surface area contributed by atoms with Crippen molar-refractivity contribution in [3.05, 3.63) is 89.5 Å². The van der Waals surface area contributed by atoms with E-state index in [4.69, 9.17) is 9.47 Å². The van der Waals surface area contributed by atoms with Crippen molar-refractivity contribution in [2.24, 2.45) is 0 Å². The number of nitrogens with zero attached hydrogens (tertiary/aromatic N) is 1. The fourth-order valence-corrected chi connectivity index (χ4v) is 3.77. The monoisotopic (exact) mass is 431 g/mol. The van der Waals surface area contributed by atoms with Gasteiger partial charge in [-0.05, 0) is 54.1 Å². The Morgan fingerprint density at radius 2 is 1.56 bits per heavy atom. The summed E-state index contributed by atoms with van der Waals surface area (Å²) >= 11 is 0. The highest BCUT2D eigenvalue weighted by atomic mass is 16.5. The Bertz CT molecular complexity index is 1220. The number of anilines is 1. The van der Waals surface area contributed by atoms with Crippen LogP contribution >= 0.6 is 0 Å². The predicted molar refractivity (Wildman–Crippen MR) is 119 cm³/mol. The molecule has 1 aliphatic rings. The van der Waals surface area contributed by atoms with Crippen molar-refractivity contribution in [1.82, 2.24) is 0 Å². The predicted octanol–water partition coefficient (Wildman–Crippen LogP) is 4.04. The Hall–Kier alpha value is -4.26. The van der Waals surface area contributed by atoms with E-state index in [1.54, 1.807) is 60.7 Å². The van der Waals surface area contributed by atoms with Crippen LogP contribution in [0.15, 0.2) is 78.4 Å². The standard InChI is InChI=1S/C25H21NO6/c1-31-19-11-9-15(10-12-19)23(28)21-22(16-5-3-7-18(27)13-16)26(25(30)24(21)29)17-6-4-8-20(14-17)32-2/h3-14,22,27-28H,1-2H3/b23-21+. The summed E-state index contributed by atoms with van der Waals surface area (Å²) in [5.74, 6) is -0.860. The molecule has 2 N–H and O–H groups in total. The van der Waals surface area contributed by atoms with Crippen LogP contribution in [0.1, 0.15) is 17.2 Å². The molecule has 1 saturated heterocycles. The fraction of sp³-hybridized carbons (Fsp3) is 0.120. The number of phenolic OH excluding ortho intramolecular Hbond substituents is 1. The number of amides is 1. The lowest BCUT2D eigenvalue weighted by molar-refractivity contribution is -0.132. The molecule has 0 saturated carbocycles. The third kappa shape index (κ3) is 3.65. The number of ether oxygens (including phenoxy) is 2. The van der Waals surface area contributed by atoms with Crippen LogP contribution in [0.5, 0.6) is 17.2 Å². The molecule has 162 valence electrons. The lowest BCUT2D eigenvalue weighted by Gasteiger charge is -2.25. The van der Waals surface area contributed by atoms with Crippen molar-refractivity contribution in [3.8, 4) is 17.2 Å². The largest absolute Gasteiger partial charge is 0.508 e. The molecule has 3 aromatic carbocycles. The van der Waals surface area contributed by atoms with E-state index in [0.717, 1.165) is 0 Å². The first kappa shape index (κ1) is 21.0. The minimum absolute atomic E-state index is 0.0248. The second-order valence-corrected chi connectivity index (χ2v) is 7.19. The van der Waals surface area contributed by atoms with E-state index in [-0.39, 0.29) is 17.1 Å². The van der Waals surface area contributed by atoms with Crippen molar-refractivity contribution < 1.29 is 29.3 Å². The number of phenols is 1. The third-order valence-corrected chi connectivity index (χ3v) is 5.33. The number of hydrogen-bond donors (Lipinski definition) is 2. The molecule has 7 heteroatoms. The first-order valence-electron chi connectivity index (χ1n) is 9.83. The van der Waals surface area contributed by atoms with Gasteiger partial charge in [-0.1, -0.05) is 18.2 Å². The topological polar surface area (TPSA) is 96.3 Å². The molecule has 1 unspecified atom stereocenters. The molecule has 4 rings (SSSR count). The molecular weight excluding hydrogens is 410 g/mol. The molecule has 1 heterocycles. The van der Waals surface area contributed by atoms with Crippen molar-refractivity contribution in [2.75, 3.05) is 19.1 Å². The summed E-state index contributed by atoms with van der Waals surface area (Å²) in [7, 11) is 3.03. The summed E-state index contributed by atoms with van der Waals surface area (Å²) in [5.41, 5.74) is 1.18. The molecule has 0 aliphatic carbocycles. The maximum absolute atomic E-state index is 13.1. The van der Waals surface area contributed by atoms with Gasteiger partial charge in [0, 0.05) is 17.3 Å². The van der Waals surface area contributed by atoms with Crippen LogP contribution in [0, 0.1) is 0 Å². The summed E-state index contributed by atoms with van der Waals surface area (Å²) in [5, 5.41) is 21.1. The zero-order valence-corrected chi connectivity index (χ0v) is 17.5. The molecule has 0 bridgehead atoms. The van der Waals surface area contributed by atoms with Gasteiger partial charge < -0.3 is 19.7 Å². The number of ketones is 1. The SMILES string of the molecule is COc1ccc(/C(O)=C2\C(=O)C(=O)N(c3cccc(OC)c3)C2c2cccc(O)c2)cc1. The van der Waals surface area contributed by atoms with Gasteiger partial charge >= 0.3 is 0 Å². The van der Waals surface area contributed by atoms with E-state index in [9.17, 15) is 19.8 Å². The molecular formula is C25H21NO6. The second kappa shape index (κ2) is 8.47. The lowest BCUT2D eigenvalue weighted by atomic mass is 9.95. The zero-order valence-electron chi connectivity index (χ0n) is 17.5. The van der Waals surface area contributed by atoms with Crippen molar-refractivity contribution >= 4 is 23.1 Å². The van der Waals surface area contributed by atoms with Crippen molar-refractivity contribution in [3.63, 3.8) is 0 Å². The molecule has 1 aliphatic heterocycles. The van der Waals surface area contributed by atoms with Gasteiger partial charge in [-0.2, -0.15) is 0 Å². The average Bonchev–Trinajstić information content (AvgIpc) is 3.09. The normalized spacial score (nSPS) is 17.4. The van der Waals surface area contributed by atoms with Crippen LogP contribution in [-0.2, 0) is 9.59 Å². The highest BCUT2D eigenvalue weighted by Crippen LogP contribution is 2.43. The maximum Gasteiger partial charge on any atom is 0.300 e. The van der Waals surface area contributed by atoms with Crippen LogP contribution < -0.4 is 14.4 Å². The smallest absolute Gasteiger partial charge is 0.300 e. The maximum atomic E-state index is 13.1. The van der Waals surface area contributed by atoms with Gasteiger partial charge in [-0.15, -0.1) is 0 Å². The minimum Gasteiger partial charge on any atom is -0.508 e. The van der Waals surface area contributed by atoms with Crippen molar-refractivity contribution in [1.29, 1.82) is 0 Å². The highest BCUT2D eigenvalue weighted by molar-refractivity contribution is 6.51. The molecule has 1 amide bonds. The Balaban J connectivity index is 1.93. The van der Waals surface area contributed by atoms with Gasteiger partial charge in [0.1, 0.15) is 23.0 Å². The molecule has 3 aromatic rings. The van der Waals surface area contributed by atoms with Gasteiger partial charge in [0.15, 0.2) is 0 Å². The van der Waals surface area contributed by atoms with Crippen LogP contribution in [0.2, 0.25) is 0 Å². The van der Waals surface area contributed by atoms with Crippen LogP contribution in [0.3, 0.4) is 0 Å². The fourth-order valence-electron chi connectivity index (χ4n) is 3.77. The molecule has 7 nitrogen and oxygen atoms in total. The Morgan fingerprint density at radius 3 is 2.22 bits per heavy atom. The Morgan fingerprint density at radius 1 is 0.875 bits per heavy atom. The second-order valence-electron chi connectivity index (χ2n) is 7.19. The molecule has 1 atom stereocenters. The summed E-state index contributed by atoms with van der Waals surface area (Å²) in [6.07, 6.45) is 0. The number of benzene rings is 3. The Kier molecular flexibility index (Phi) is 5.55. The third-order valence-electron chi connectivity index (χ3n) is 5.33. The number of Topliss-reactive ketones (excluding diaryl/α,β-unsaturated/α-hetero) is 1. The minimum atomic E-state index is -0.948. The van der Waals surface area contributed by atoms with Crippen LogP contribution in [0.4, 0.5) is 5.69 Å². The van der Waals surface area contributed by atoms with Crippen LogP contribution in [0.25, 0.3) is 5.76 Å². The molecule has 0 aromatic heterocycles. The number of hydrogen-bond acceptors (Lipinski definition) is 6. The molecule has 32 heavy (non-hydrogen) atoms. The molecule has 1 fully saturated rings. The number of aliphatic hydroxyl groups excluding tert-OH is 1. The van der Waals surface area contributed by atoms with E-state index in [1.807, 2.05) is 0 Å². The van der Waals surface area contributed by atoms with Gasteiger partial charge in [-0.25, -0.2) is 0 Å². The number of rotatable bonds is 5. The summed E-state index contributed by atoms with van der Waals surface area (Å²) in [6, 6.07) is 18.6. The van der Waals surface area contributed by atoms with E-state index in [0.29, 0.717) is 28.3 Å². The summed E-state index contributed by atoms with van der Waals surface area (Å²) in [6.45, 7) is 0. The number of aliphatic hydroxyl groups is 1. The zero-order chi connectivity index (χ0) is 22.8. The Labute approximate surface area is 184 Å².